The Bertz CT molecular complexity index is 1010. The van der Waals surface area contributed by atoms with Crippen LogP contribution in [0.25, 0.3) is 10.9 Å². The van der Waals surface area contributed by atoms with Crippen molar-refractivity contribution >= 4 is 28.4 Å². The molecule has 29 heavy (non-hydrogen) atoms. The van der Waals surface area contributed by atoms with Crippen molar-refractivity contribution in [1.29, 1.82) is 0 Å². The van der Waals surface area contributed by atoms with Crippen LogP contribution in [-0.4, -0.2) is 49.2 Å². The largest absolute Gasteiger partial charge is 0.365 e. The van der Waals surface area contributed by atoms with Crippen molar-refractivity contribution in [2.45, 2.75) is 57.7 Å². The number of fused-ring (bicyclic) bond motifs is 1. The Labute approximate surface area is 170 Å². The van der Waals surface area contributed by atoms with Crippen LogP contribution >= 0.6 is 0 Å². The molecule has 3 N–H and O–H groups in total. The Kier molecular flexibility index (Phi) is 4.69. The lowest BCUT2D eigenvalue weighted by atomic mass is 9.77. The van der Waals surface area contributed by atoms with Crippen LogP contribution in [-0.2, 0) is 0 Å². The Morgan fingerprint density at radius 3 is 2.59 bits per heavy atom. The Morgan fingerprint density at radius 1 is 1.14 bits per heavy atom. The smallest absolute Gasteiger partial charge is 0.229 e. The van der Waals surface area contributed by atoms with Gasteiger partial charge in [-0.05, 0) is 65.8 Å². The van der Waals surface area contributed by atoms with Crippen LogP contribution in [0.1, 0.15) is 40.5 Å². The van der Waals surface area contributed by atoms with Gasteiger partial charge in [0.2, 0.25) is 5.95 Å². The van der Waals surface area contributed by atoms with E-state index >= 15 is 0 Å². The van der Waals surface area contributed by atoms with Crippen molar-refractivity contribution in [3.63, 3.8) is 0 Å². The Morgan fingerprint density at radius 2 is 1.86 bits per heavy atom. The second kappa shape index (κ2) is 6.95. The molecule has 0 amide bonds. The van der Waals surface area contributed by atoms with E-state index in [2.05, 4.69) is 70.4 Å². The van der Waals surface area contributed by atoms with Gasteiger partial charge in [0.25, 0.3) is 0 Å². The first-order valence-corrected chi connectivity index (χ1v) is 9.87. The maximum absolute atomic E-state index is 14.5. The number of hydrogen-bond acceptors (Lipinski definition) is 6. The third-order valence-corrected chi connectivity index (χ3v) is 6.09. The monoisotopic (exact) mass is 397 g/mol. The summed E-state index contributed by atoms with van der Waals surface area (Å²) in [6.07, 6.45) is 4.76. The van der Waals surface area contributed by atoms with Crippen LogP contribution in [0.2, 0.25) is 0 Å². The summed E-state index contributed by atoms with van der Waals surface area (Å²) in [6.45, 7) is 8.88. The van der Waals surface area contributed by atoms with E-state index in [0.717, 1.165) is 29.4 Å². The lowest BCUT2D eigenvalue weighted by Gasteiger charge is -2.53. The Balaban J connectivity index is 1.54. The van der Waals surface area contributed by atoms with Crippen molar-refractivity contribution < 1.29 is 4.39 Å². The van der Waals surface area contributed by atoms with Gasteiger partial charge in [0, 0.05) is 28.2 Å². The molecule has 0 atom stereocenters. The molecule has 8 heteroatoms. The fraction of sp³-hybridized carbons (Fsp3) is 0.476. The molecule has 154 valence electrons. The number of benzene rings is 1. The van der Waals surface area contributed by atoms with Crippen molar-refractivity contribution in [2.24, 2.45) is 0 Å². The number of H-pyrrole nitrogens is 1. The number of halogens is 1. The van der Waals surface area contributed by atoms with Gasteiger partial charge >= 0.3 is 0 Å². The highest BCUT2D eigenvalue weighted by atomic mass is 19.1. The molecule has 1 aliphatic rings. The number of piperidine rings is 1. The summed E-state index contributed by atoms with van der Waals surface area (Å²) in [5.41, 5.74) is 1.78. The summed E-state index contributed by atoms with van der Waals surface area (Å²) in [6, 6.07) is 5.90. The van der Waals surface area contributed by atoms with E-state index in [1.54, 1.807) is 6.20 Å². The molecule has 0 radical (unpaired) electrons. The number of hydrogen-bond donors (Lipinski definition) is 3. The number of likely N-dealkylation sites (tertiary alicyclic amines) is 1. The lowest BCUT2D eigenvalue weighted by Crippen LogP contribution is -2.61. The molecular weight excluding hydrogens is 369 g/mol. The number of nitrogens with zero attached hydrogens (tertiary/aromatic N) is 4. The number of aromatic nitrogens is 4. The van der Waals surface area contributed by atoms with Gasteiger partial charge < -0.3 is 10.6 Å². The number of aromatic amines is 1. The normalized spacial score (nSPS) is 19.4. The minimum atomic E-state index is -0.449. The molecule has 1 fully saturated rings. The van der Waals surface area contributed by atoms with Gasteiger partial charge in [-0.2, -0.15) is 10.1 Å². The van der Waals surface area contributed by atoms with E-state index in [4.69, 9.17) is 0 Å². The van der Waals surface area contributed by atoms with Crippen molar-refractivity contribution in [3.05, 3.63) is 36.4 Å². The van der Waals surface area contributed by atoms with Crippen molar-refractivity contribution in [2.75, 3.05) is 17.7 Å². The lowest BCUT2D eigenvalue weighted by molar-refractivity contribution is -0.00778. The fourth-order valence-corrected chi connectivity index (χ4v) is 4.34. The van der Waals surface area contributed by atoms with Crippen LogP contribution in [0.15, 0.2) is 30.6 Å². The molecule has 0 aliphatic carbocycles. The van der Waals surface area contributed by atoms with Crippen LogP contribution in [0.3, 0.4) is 0 Å². The van der Waals surface area contributed by atoms with Gasteiger partial charge in [-0.15, -0.1) is 0 Å². The third kappa shape index (κ3) is 3.89. The summed E-state index contributed by atoms with van der Waals surface area (Å²) in [5.74, 6) is 0.131. The first-order valence-electron chi connectivity index (χ1n) is 9.87. The number of anilines is 3. The quantitative estimate of drug-likeness (QED) is 0.609. The van der Waals surface area contributed by atoms with Gasteiger partial charge in [-0.1, -0.05) is 0 Å². The van der Waals surface area contributed by atoms with Crippen molar-refractivity contribution in [1.82, 2.24) is 25.1 Å². The SMILES string of the molecule is CN1C(C)(C)CC(Nc2nc(Nc3ccc4[nH]ncc4c3)ncc2F)CC1(C)C. The highest BCUT2D eigenvalue weighted by Crippen LogP contribution is 2.38. The van der Waals surface area contributed by atoms with Gasteiger partial charge in [0.15, 0.2) is 11.6 Å². The average Bonchev–Trinajstić information content (AvgIpc) is 3.10. The van der Waals surface area contributed by atoms with Crippen LogP contribution in [0, 0.1) is 5.82 Å². The molecular formula is C21H28FN7. The summed E-state index contributed by atoms with van der Waals surface area (Å²) < 4.78 is 14.5. The molecule has 2 aromatic heterocycles. The number of rotatable bonds is 4. The fourth-order valence-electron chi connectivity index (χ4n) is 4.34. The van der Waals surface area contributed by atoms with E-state index in [-0.39, 0.29) is 22.9 Å². The molecule has 1 aliphatic heterocycles. The van der Waals surface area contributed by atoms with E-state index in [1.807, 2.05) is 18.2 Å². The highest BCUT2D eigenvalue weighted by Gasteiger charge is 2.43. The first-order chi connectivity index (χ1) is 13.6. The molecule has 4 rings (SSSR count). The van der Waals surface area contributed by atoms with E-state index in [9.17, 15) is 4.39 Å². The second-order valence-electron chi connectivity index (χ2n) is 9.12. The van der Waals surface area contributed by atoms with Crippen LogP contribution < -0.4 is 10.6 Å². The zero-order valence-corrected chi connectivity index (χ0v) is 17.5. The van der Waals surface area contributed by atoms with Crippen LogP contribution in [0.5, 0.6) is 0 Å². The zero-order chi connectivity index (χ0) is 20.8. The van der Waals surface area contributed by atoms with Gasteiger partial charge in [0.1, 0.15) is 0 Å². The number of nitrogens with one attached hydrogen (secondary N) is 3. The molecule has 0 saturated carbocycles. The molecule has 0 spiro atoms. The highest BCUT2D eigenvalue weighted by molar-refractivity contribution is 5.82. The summed E-state index contributed by atoms with van der Waals surface area (Å²) >= 11 is 0. The standard InChI is InChI=1S/C21H28FN7/c1-20(2)9-15(10-21(3,4)29(20)5)25-18-16(22)12-23-19(27-18)26-14-6-7-17-13(8-14)11-24-28-17/h6-8,11-12,15H,9-10H2,1-5H3,(H,24,28)(H2,23,25,26,27). The molecule has 3 aromatic rings. The molecule has 0 bridgehead atoms. The molecule has 0 unspecified atom stereocenters. The minimum absolute atomic E-state index is 0.00398. The third-order valence-electron chi connectivity index (χ3n) is 6.09. The van der Waals surface area contributed by atoms with Crippen molar-refractivity contribution in [3.8, 4) is 0 Å². The second-order valence-corrected chi connectivity index (χ2v) is 9.12. The maximum Gasteiger partial charge on any atom is 0.229 e. The predicted octanol–water partition coefficient (Wildman–Crippen LogP) is 4.30. The zero-order valence-electron chi connectivity index (χ0n) is 17.5. The summed E-state index contributed by atoms with van der Waals surface area (Å²) in [5, 5.41) is 14.4. The molecule has 3 heterocycles. The topological polar surface area (TPSA) is 81.8 Å². The Hall–Kier alpha value is -2.74. The first kappa shape index (κ1) is 19.6. The molecule has 1 saturated heterocycles. The molecule has 1 aromatic carbocycles. The van der Waals surface area contributed by atoms with E-state index < -0.39 is 5.82 Å². The maximum atomic E-state index is 14.5. The summed E-state index contributed by atoms with van der Waals surface area (Å²) in [7, 11) is 2.15. The predicted molar refractivity (Wildman–Crippen MR) is 114 cm³/mol. The van der Waals surface area contributed by atoms with Gasteiger partial charge in [0.05, 0.1) is 17.9 Å². The van der Waals surface area contributed by atoms with Gasteiger partial charge in [-0.25, -0.2) is 9.37 Å². The van der Waals surface area contributed by atoms with E-state index in [1.165, 1.54) is 6.20 Å². The van der Waals surface area contributed by atoms with Crippen LogP contribution in [0.4, 0.5) is 21.8 Å². The van der Waals surface area contributed by atoms with Gasteiger partial charge in [-0.3, -0.25) is 10.00 Å². The van der Waals surface area contributed by atoms with E-state index in [0.29, 0.717) is 5.95 Å². The molecule has 7 nitrogen and oxygen atoms in total. The summed E-state index contributed by atoms with van der Waals surface area (Å²) in [4.78, 5) is 10.9. The average molecular weight is 398 g/mol. The minimum Gasteiger partial charge on any atom is -0.365 e.